The van der Waals surface area contributed by atoms with Crippen LogP contribution in [0.4, 0.5) is 0 Å². The van der Waals surface area contributed by atoms with E-state index in [-0.39, 0.29) is 12.0 Å². The van der Waals surface area contributed by atoms with Crippen LogP contribution >= 0.6 is 0 Å². The van der Waals surface area contributed by atoms with Gasteiger partial charge in [0.25, 0.3) is 0 Å². The molecule has 0 saturated carbocycles. The molecule has 0 fully saturated rings. The van der Waals surface area contributed by atoms with Crippen LogP contribution in [-0.4, -0.2) is 9.67 Å². The van der Waals surface area contributed by atoms with E-state index in [1.165, 1.54) is 6.07 Å². The van der Waals surface area contributed by atoms with E-state index in [0.29, 0.717) is 16.9 Å². The van der Waals surface area contributed by atoms with Crippen molar-refractivity contribution < 1.29 is 9.52 Å². The summed E-state index contributed by atoms with van der Waals surface area (Å²) in [6.07, 6.45) is 0. The molecule has 0 bridgehead atoms. The molecule has 0 aliphatic rings. The molecule has 0 spiro atoms. The molecule has 2 aromatic heterocycles. The molecule has 1 aromatic carbocycles. The van der Waals surface area contributed by atoms with Gasteiger partial charge in [-0.05, 0) is 12.1 Å². The lowest BCUT2D eigenvalue weighted by molar-refractivity contribution is 0.249. The lowest BCUT2D eigenvalue weighted by Crippen LogP contribution is -2.05. The van der Waals surface area contributed by atoms with Crippen LogP contribution in [0.15, 0.2) is 39.5 Å². The van der Waals surface area contributed by atoms with Crippen LogP contribution in [0.5, 0.6) is 0 Å². The SMILES string of the molecule is Cn1c2ccccc2c2oc(CO)cc(=O)c21. The molecular weight excluding hydrogens is 218 g/mol. The Kier molecular flexibility index (Phi) is 2.06. The molecule has 4 nitrogen and oxygen atoms in total. The van der Waals surface area contributed by atoms with Crippen molar-refractivity contribution in [2.45, 2.75) is 6.61 Å². The Bertz CT molecular complexity index is 767. The molecule has 1 N–H and O–H groups in total. The van der Waals surface area contributed by atoms with Crippen molar-refractivity contribution in [2.75, 3.05) is 0 Å². The number of aliphatic hydroxyl groups is 1. The van der Waals surface area contributed by atoms with Gasteiger partial charge < -0.3 is 14.1 Å². The van der Waals surface area contributed by atoms with Gasteiger partial charge in [0.2, 0.25) is 5.43 Å². The van der Waals surface area contributed by atoms with Gasteiger partial charge in [-0.15, -0.1) is 0 Å². The standard InChI is InChI=1S/C13H11NO3/c1-14-10-5-3-2-4-9(10)13-12(14)11(16)6-8(7-15)17-13/h2-6,15H,7H2,1H3. The van der Waals surface area contributed by atoms with Crippen molar-refractivity contribution >= 4 is 22.0 Å². The van der Waals surface area contributed by atoms with E-state index < -0.39 is 0 Å². The van der Waals surface area contributed by atoms with Crippen molar-refractivity contribution in [1.82, 2.24) is 4.57 Å². The van der Waals surface area contributed by atoms with Crippen molar-refractivity contribution in [2.24, 2.45) is 7.05 Å². The van der Waals surface area contributed by atoms with Gasteiger partial charge in [-0.1, -0.05) is 12.1 Å². The predicted molar refractivity (Wildman–Crippen MR) is 64.9 cm³/mol. The first-order valence-corrected chi connectivity index (χ1v) is 5.33. The molecule has 0 amide bonds. The number of hydrogen-bond donors (Lipinski definition) is 1. The molecule has 0 aliphatic heterocycles. The van der Waals surface area contributed by atoms with Gasteiger partial charge in [-0.3, -0.25) is 4.79 Å². The number of para-hydroxylation sites is 1. The number of hydrogen-bond acceptors (Lipinski definition) is 3. The van der Waals surface area contributed by atoms with Crippen LogP contribution in [0.2, 0.25) is 0 Å². The lowest BCUT2D eigenvalue weighted by Gasteiger charge is -1.97. The molecular formula is C13H11NO3. The zero-order chi connectivity index (χ0) is 12.0. The maximum Gasteiger partial charge on any atom is 0.209 e. The molecule has 2 heterocycles. The van der Waals surface area contributed by atoms with E-state index in [9.17, 15) is 4.79 Å². The van der Waals surface area contributed by atoms with E-state index >= 15 is 0 Å². The average molecular weight is 229 g/mol. The van der Waals surface area contributed by atoms with Crippen LogP contribution < -0.4 is 5.43 Å². The van der Waals surface area contributed by atoms with Crippen molar-refractivity contribution in [3.05, 3.63) is 46.3 Å². The molecule has 4 heteroatoms. The Morgan fingerprint density at radius 2 is 2.12 bits per heavy atom. The maximum absolute atomic E-state index is 12.0. The smallest absolute Gasteiger partial charge is 0.209 e. The summed E-state index contributed by atoms with van der Waals surface area (Å²) in [6, 6.07) is 8.98. The van der Waals surface area contributed by atoms with E-state index in [1.807, 2.05) is 35.9 Å². The van der Waals surface area contributed by atoms with Crippen molar-refractivity contribution in [3.63, 3.8) is 0 Å². The van der Waals surface area contributed by atoms with Crippen LogP contribution in [0.3, 0.4) is 0 Å². The number of aliphatic hydroxyl groups excluding tert-OH is 1. The van der Waals surface area contributed by atoms with Gasteiger partial charge in [-0.25, -0.2) is 0 Å². The normalized spacial score (nSPS) is 11.4. The fourth-order valence-corrected chi connectivity index (χ4v) is 2.19. The van der Waals surface area contributed by atoms with E-state index in [2.05, 4.69) is 0 Å². The Labute approximate surface area is 96.7 Å². The van der Waals surface area contributed by atoms with Crippen LogP contribution in [0.1, 0.15) is 5.76 Å². The molecule has 0 atom stereocenters. The number of benzene rings is 1. The summed E-state index contributed by atoms with van der Waals surface area (Å²) in [7, 11) is 1.83. The number of aromatic nitrogens is 1. The van der Waals surface area contributed by atoms with E-state index in [0.717, 1.165) is 10.9 Å². The molecule has 0 aliphatic carbocycles. The molecule has 3 rings (SSSR count). The van der Waals surface area contributed by atoms with Crippen LogP contribution in [0, 0.1) is 0 Å². The number of aryl methyl sites for hydroxylation is 1. The zero-order valence-corrected chi connectivity index (χ0v) is 9.30. The minimum absolute atomic E-state index is 0.131. The highest BCUT2D eigenvalue weighted by Gasteiger charge is 2.13. The Morgan fingerprint density at radius 1 is 1.35 bits per heavy atom. The summed E-state index contributed by atoms with van der Waals surface area (Å²) in [5, 5.41) is 9.95. The fourth-order valence-electron chi connectivity index (χ4n) is 2.19. The van der Waals surface area contributed by atoms with Crippen LogP contribution in [-0.2, 0) is 13.7 Å². The molecule has 3 aromatic rings. The summed E-state index contributed by atoms with van der Waals surface area (Å²) >= 11 is 0. The molecule has 17 heavy (non-hydrogen) atoms. The van der Waals surface area contributed by atoms with Crippen LogP contribution in [0.25, 0.3) is 22.0 Å². The highest BCUT2D eigenvalue weighted by molar-refractivity contribution is 6.04. The lowest BCUT2D eigenvalue weighted by atomic mass is 10.2. The third-order valence-electron chi connectivity index (χ3n) is 2.97. The maximum atomic E-state index is 12.0. The van der Waals surface area contributed by atoms with E-state index in [1.54, 1.807) is 0 Å². The van der Waals surface area contributed by atoms with Gasteiger partial charge >= 0.3 is 0 Å². The Balaban J connectivity index is 2.62. The van der Waals surface area contributed by atoms with Gasteiger partial charge in [-0.2, -0.15) is 0 Å². The molecule has 0 saturated heterocycles. The quantitative estimate of drug-likeness (QED) is 0.692. The summed E-state index contributed by atoms with van der Waals surface area (Å²) in [6.45, 7) is -0.269. The number of fused-ring (bicyclic) bond motifs is 3. The van der Waals surface area contributed by atoms with Gasteiger partial charge in [0.1, 0.15) is 17.9 Å². The number of rotatable bonds is 1. The highest BCUT2D eigenvalue weighted by atomic mass is 16.4. The second-order valence-electron chi connectivity index (χ2n) is 3.99. The molecule has 0 unspecified atom stereocenters. The second kappa shape index (κ2) is 3.46. The first kappa shape index (κ1) is 10.1. The summed E-state index contributed by atoms with van der Waals surface area (Å²) in [5.74, 6) is 0.291. The second-order valence-corrected chi connectivity index (χ2v) is 3.99. The minimum Gasteiger partial charge on any atom is -0.456 e. The van der Waals surface area contributed by atoms with Gasteiger partial charge in [0.15, 0.2) is 5.58 Å². The monoisotopic (exact) mass is 229 g/mol. The van der Waals surface area contributed by atoms with Crippen molar-refractivity contribution in [1.29, 1.82) is 0 Å². The predicted octanol–water partition coefficient (Wildman–Crippen LogP) is 1.78. The Morgan fingerprint density at radius 3 is 2.88 bits per heavy atom. The first-order valence-electron chi connectivity index (χ1n) is 5.33. The largest absolute Gasteiger partial charge is 0.456 e. The number of nitrogens with zero attached hydrogens (tertiary/aromatic N) is 1. The van der Waals surface area contributed by atoms with Gasteiger partial charge in [0.05, 0.1) is 5.52 Å². The highest BCUT2D eigenvalue weighted by Crippen LogP contribution is 2.26. The fraction of sp³-hybridized carbons (Fsp3) is 0.154. The summed E-state index contributed by atoms with van der Waals surface area (Å²) in [4.78, 5) is 12.0. The third kappa shape index (κ3) is 1.31. The minimum atomic E-state index is -0.269. The topological polar surface area (TPSA) is 55.4 Å². The molecule has 0 radical (unpaired) electrons. The summed E-state index contributed by atoms with van der Waals surface area (Å²) < 4.78 is 7.37. The summed E-state index contributed by atoms with van der Waals surface area (Å²) in [5.41, 5.74) is 1.88. The Hall–Kier alpha value is -2.07. The van der Waals surface area contributed by atoms with Gasteiger partial charge in [0, 0.05) is 18.5 Å². The first-order chi connectivity index (χ1) is 8.22. The van der Waals surface area contributed by atoms with E-state index in [4.69, 9.17) is 9.52 Å². The zero-order valence-electron chi connectivity index (χ0n) is 9.30. The third-order valence-corrected chi connectivity index (χ3v) is 2.97. The average Bonchev–Trinajstić information content (AvgIpc) is 2.64. The molecule has 86 valence electrons. The van der Waals surface area contributed by atoms with Crippen molar-refractivity contribution in [3.8, 4) is 0 Å².